The molecule has 0 aliphatic carbocycles. The number of carbonyl (C=O) groups is 1. The van der Waals surface area contributed by atoms with Crippen LogP contribution in [-0.2, 0) is 27.7 Å². The summed E-state index contributed by atoms with van der Waals surface area (Å²) in [4.78, 5) is 12.9. The second kappa shape index (κ2) is 10.3. The van der Waals surface area contributed by atoms with E-state index in [1.54, 1.807) is 34.8 Å². The van der Waals surface area contributed by atoms with Crippen molar-refractivity contribution < 1.29 is 17.6 Å². The Hall–Kier alpha value is -3.42. The number of sulfonamides is 1. The zero-order chi connectivity index (χ0) is 25.1. The summed E-state index contributed by atoms with van der Waals surface area (Å²) >= 11 is 0. The molecule has 1 aliphatic rings. The topological polar surface area (TPSA) is 79.6 Å². The summed E-state index contributed by atoms with van der Waals surface area (Å²) in [7, 11) is -3.56. The van der Waals surface area contributed by atoms with Gasteiger partial charge in [0, 0.05) is 29.7 Å². The van der Waals surface area contributed by atoms with Crippen LogP contribution < -0.4 is 5.32 Å². The zero-order valence-electron chi connectivity index (χ0n) is 20.3. The molecule has 4 aromatic rings. The number of benzene rings is 3. The number of piperidine rings is 1. The van der Waals surface area contributed by atoms with Gasteiger partial charge in [0.05, 0.1) is 17.6 Å². The van der Waals surface area contributed by atoms with Crippen molar-refractivity contribution in [2.45, 2.75) is 37.5 Å². The molecule has 1 fully saturated rings. The lowest BCUT2D eigenvalue weighted by Gasteiger charge is -2.31. The van der Waals surface area contributed by atoms with Crippen molar-refractivity contribution in [3.63, 3.8) is 0 Å². The van der Waals surface area contributed by atoms with Gasteiger partial charge in [-0.15, -0.1) is 0 Å². The number of fused-ring (bicyclic) bond motifs is 1. The number of amides is 1. The van der Waals surface area contributed by atoms with Gasteiger partial charge in [0.15, 0.2) is 0 Å². The highest BCUT2D eigenvalue weighted by molar-refractivity contribution is 7.89. The summed E-state index contributed by atoms with van der Waals surface area (Å²) in [5, 5.41) is 3.78. The highest BCUT2D eigenvalue weighted by atomic mass is 32.2. The second-order valence-electron chi connectivity index (χ2n) is 9.55. The van der Waals surface area contributed by atoms with Crippen molar-refractivity contribution in [1.29, 1.82) is 0 Å². The van der Waals surface area contributed by atoms with E-state index in [4.69, 9.17) is 4.42 Å². The van der Waals surface area contributed by atoms with Crippen LogP contribution in [0.1, 0.15) is 29.5 Å². The fraction of sp³-hybridized carbons (Fsp3) is 0.276. The van der Waals surface area contributed by atoms with Crippen molar-refractivity contribution in [1.82, 2.24) is 4.31 Å². The van der Waals surface area contributed by atoms with E-state index in [0.717, 1.165) is 41.4 Å². The molecule has 3 aromatic carbocycles. The lowest BCUT2D eigenvalue weighted by atomic mass is 9.91. The second-order valence-corrected chi connectivity index (χ2v) is 11.5. The number of nitrogens with one attached hydrogen (secondary N) is 1. The predicted molar refractivity (Wildman–Crippen MR) is 141 cm³/mol. The summed E-state index contributed by atoms with van der Waals surface area (Å²) in [6, 6.07) is 22.7. The molecule has 6 nitrogen and oxygen atoms in total. The van der Waals surface area contributed by atoms with Gasteiger partial charge in [-0.25, -0.2) is 8.42 Å². The average molecular weight is 503 g/mol. The predicted octanol–water partition coefficient (Wildman–Crippen LogP) is 5.57. The standard InChI is InChI=1S/C29H30N2O4S/c1-21-7-12-27-24(20-35-28(27)17-21)19-29(32)30-25-8-10-26(11-9-25)36(33,34)31-15-13-23(14-16-31)18-22-5-3-2-4-6-22/h2-12,17,20,23H,13-16,18-19H2,1H3,(H,30,32). The Bertz CT molecular complexity index is 1450. The van der Waals surface area contributed by atoms with E-state index in [0.29, 0.717) is 24.7 Å². The van der Waals surface area contributed by atoms with E-state index in [-0.39, 0.29) is 17.2 Å². The van der Waals surface area contributed by atoms with E-state index >= 15 is 0 Å². The summed E-state index contributed by atoms with van der Waals surface area (Å²) in [6.07, 6.45) is 4.48. The molecule has 1 amide bonds. The lowest BCUT2D eigenvalue weighted by molar-refractivity contribution is -0.115. The van der Waals surface area contributed by atoms with Gasteiger partial charge in [0.2, 0.25) is 15.9 Å². The van der Waals surface area contributed by atoms with Crippen LogP contribution >= 0.6 is 0 Å². The number of hydrogen-bond donors (Lipinski definition) is 1. The fourth-order valence-corrected chi connectivity index (χ4v) is 6.34. The molecular weight excluding hydrogens is 472 g/mol. The minimum atomic E-state index is -3.56. The number of aryl methyl sites for hydroxylation is 1. The van der Waals surface area contributed by atoms with Gasteiger partial charge in [0.25, 0.3) is 0 Å². The Labute approximate surface area is 212 Å². The van der Waals surface area contributed by atoms with Crippen LogP contribution in [0.5, 0.6) is 0 Å². The van der Waals surface area contributed by atoms with Crippen LogP contribution in [0.4, 0.5) is 5.69 Å². The Balaban J connectivity index is 1.17. The molecule has 0 radical (unpaired) electrons. The molecule has 5 rings (SSSR count). The van der Waals surface area contributed by atoms with Gasteiger partial charge in [-0.3, -0.25) is 4.79 Å². The molecule has 0 spiro atoms. The van der Waals surface area contributed by atoms with E-state index in [2.05, 4.69) is 17.4 Å². The Morgan fingerprint density at radius 3 is 2.44 bits per heavy atom. The number of anilines is 1. The number of nitrogens with zero attached hydrogens (tertiary/aromatic N) is 1. The highest BCUT2D eigenvalue weighted by Gasteiger charge is 2.29. The third-order valence-corrected chi connectivity index (χ3v) is 8.79. The Morgan fingerprint density at radius 1 is 1.00 bits per heavy atom. The Kier molecular flexibility index (Phi) is 6.94. The minimum absolute atomic E-state index is 0.175. The molecule has 7 heteroatoms. The fourth-order valence-electron chi connectivity index (χ4n) is 4.87. The largest absolute Gasteiger partial charge is 0.464 e. The first-order chi connectivity index (χ1) is 17.4. The quantitative estimate of drug-likeness (QED) is 0.359. The summed E-state index contributed by atoms with van der Waals surface area (Å²) in [5.74, 6) is 0.308. The van der Waals surface area contributed by atoms with Crippen molar-refractivity contribution in [3.05, 3.63) is 95.7 Å². The van der Waals surface area contributed by atoms with Gasteiger partial charge >= 0.3 is 0 Å². The summed E-state index contributed by atoms with van der Waals surface area (Å²) in [5.41, 5.74) is 4.53. The summed E-state index contributed by atoms with van der Waals surface area (Å²) < 4.78 is 33.5. The first-order valence-corrected chi connectivity index (χ1v) is 13.7. The van der Waals surface area contributed by atoms with Crippen molar-refractivity contribution in [3.8, 4) is 0 Å². The molecule has 36 heavy (non-hydrogen) atoms. The molecule has 1 saturated heterocycles. The van der Waals surface area contributed by atoms with Gasteiger partial charge in [0.1, 0.15) is 5.58 Å². The van der Waals surface area contributed by atoms with Crippen LogP contribution in [-0.4, -0.2) is 31.7 Å². The normalized spacial score (nSPS) is 15.2. The van der Waals surface area contributed by atoms with Crippen LogP contribution in [0.3, 0.4) is 0 Å². The third kappa shape index (κ3) is 5.37. The third-order valence-electron chi connectivity index (χ3n) is 6.88. The lowest BCUT2D eigenvalue weighted by Crippen LogP contribution is -2.38. The zero-order valence-corrected chi connectivity index (χ0v) is 21.1. The van der Waals surface area contributed by atoms with Gasteiger partial charge in [-0.2, -0.15) is 4.31 Å². The molecule has 0 saturated carbocycles. The molecular formula is C29H30N2O4S. The average Bonchev–Trinajstić information content (AvgIpc) is 3.26. The van der Waals surface area contributed by atoms with E-state index < -0.39 is 10.0 Å². The monoisotopic (exact) mass is 502 g/mol. The number of rotatable bonds is 7. The molecule has 0 bridgehead atoms. The first kappa shape index (κ1) is 24.3. The SMILES string of the molecule is Cc1ccc2c(CC(=O)Nc3ccc(S(=O)(=O)N4CCC(Cc5ccccc5)CC4)cc3)coc2c1. The molecule has 0 unspecified atom stereocenters. The van der Waals surface area contributed by atoms with Crippen molar-refractivity contribution in [2.24, 2.45) is 5.92 Å². The van der Waals surface area contributed by atoms with E-state index in [1.807, 2.05) is 43.3 Å². The van der Waals surface area contributed by atoms with E-state index in [9.17, 15) is 13.2 Å². The maximum absolute atomic E-state index is 13.2. The Morgan fingerprint density at radius 2 is 1.72 bits per heavy atom. The maximum Gasteiger partial charge on any atom is 0.243 e. The number of hydrogen-bond acceptors (Lipinski definition) is 4. The molecule has 186 valence electrons. The van der Waals surface area contributed by atoms with Crippen molar-refractivity contribution >= 4 is 32.6 Å². The molecule has 1 aliphatic heterocycles. The molecule has 1 N–H and O–H groups in total. The van der Waals surface area contributed by atoms with Gasteiger partial charge in [-0.05, 0) is 73.6 Å². The van der Waals surface area contributed by atoms with Gasteiger partial charge in [-0.1, -0.05) is 42.5 Å². The van der Waals surface area contributed by atoms with Crippen molar-refractivity contribution in [2.75, 3.05) is 18.4 Å². The van der Waals surface area contributed by atoms with Crippen LogP contribution in [0.15, 0.2) is 88.4 Å². The minimum Gasteiger partial charge on any atom is -0.464 e. The first-order valence-electron chi connectivity index (χ1n) is 12.3. The van der Waals surface area contributed by atoms with E-state index in [1.165, 1.54) is 5.56 Å². The molecule has 1 aromatic heterocycles. The molecule has 2 heterocycles. The molecule has 0 atom stereocenters. The highest BCUT2D eigenvalue weighted by Crippen LogP contribution is 2.27. The maximum atomic E-state index is 13.2. The van der Waals surface area contributed by atoms with Crippen LogP contribution in [0.25, 0.3) is 11.0 Å². The number of carbonyl (C=O) groups excluding carboxylic acids is 1. The van der Waals surface area contributed by atoms with Crippen LogP contribution in [0, 0.1) is 12.8 Å². The van der Waals surface area contributed by atoms with Crippen LogP contribution in [0.2, 0.25) is 0 Å². The number of furan rings is 1. The van der Waals surface area contributed by atoms with Gasteiger partial charge < -0.3 is 9.73 Å². The smallest absolute Gasteiger partial charge is 0.243 e. The summed E-state index contributed by atoms with van der Waals surface area (Å²) in [6.45, 7) is 3.04.